The standard InChI is InChI=1S/C23H35N3O5S/c1-4-7-16-31-20-12-14-21(15-13-20)32(29,30)17-24-22(23(27)25-28)18-8-10-19(11-9-18)26(5-2)6-3/h12-15,18-19,22,24,28H,5-6,8-11,16-17H2,1-3H3,(H,25,27)/t18?,19?,22-/m1/s1. The van der Waals surface area contributed by atoms with E-state index < -0.39 is 27.7 Å². The van der Waals surface area contributed by atoms with E-state index in [1.54, 1.807) is 24.5 Å². The van der Waals surface area contributed by atoms with Crippen LogP contribution in [0.1, 0.15) is 46.5 Å². The highest BCUT2D eigenvalue weighted by Crippen LogP contribution is 2.30. The molecule has 1 aliphatic carbocycles. The second kappa shape index (κ2) is 12.8. The molecule has 178 valence electrons. The number of rotatable bonds is 11. The number of nitrogens with zero attached hydrogens (tertiary/aromatic N) is 1. The van der Waals surface area contributed by atoms with Gasteiger partial charge >= 0.3 is 0 Å². The van der Waals surface area contributed by atoms with Crippen LogP contribution in [0.5, 0.6) is 5.75 Å². The fourth-order valence-corrected chi connectivity index (χ4v) is 5.42. The molecule has 0 aliphatic heterocycles. The molecule has 1 fully saturated rings. The summed E-state index contributed by atoms with van der Waals surface area (Å²) in [6, 6.07) is 5.81. The quantitative estimate of drug-likeness (QED) is 0.261. The molecule has 9 heteroatoms. The molecule has 0 radical (unpaired) electrons. The van der Waals surface area contributed by atoms with Crippen LogP contribution in [-0.4, -0.2) is 62.1 Å². The van der Waals surface area contributed by atoms with Crippen molar-refractivity contribution in [3.63, 3.8) is 0 Å². The molecule has 32 heavy (non-hydrogen) atoms. The Kier molecular flexibility index (Phi) is 10.5. The van der Waals surface area contributed by atoms with Crippen LogP contribution in [0, 0.1) is 17.8 Å². The first-order valence-electron chi connectivity index (χ1n) is 11.1. The first-order valence-corrected chi connectivity index (χ1v) is 12.8. The average molecular weight is 466 g/mol. The van der Waals surface area contributed by atoms with Gasteiger partial charge in [-0.1, -0.05) is 19.8 Å². The van der Waals surface area contributed by atoms with Gasteiger partial charge in [0.15, 0.2) is 9.84 Å². The monoisotopic (exact) mass is 465 g/mol. The maximum absolute atomic E-state index is 12.8. The first-order chi connectivity index (χ1) is 15.4. The Labute approximate surface area is 191 Å². The number of carbonyl (C=O) groups is 1. The van der Waals surface area contributed by atoms with E-state index in [-0.39, 0.29) is 17.4 Å². The van der Waals surface area contributed by atoms with E-state index in [9.17, 15) is 18.4 Å². The van der Waals surface area contributed by atoms with Crippen molar-refractivity contribution in [1.82, 2.24) is 15.7 Å². The summed E-state index contributed by atoms with van der Waals surface area (Å²) in [4.78, 5) is 14.9. The largest absolute Gasteiger partial charge is 0.481 e. The van der Waals surface area contributed by atoms with Gasteiger partial charge in [-0.25, -0.2) is 13.9 Å². The zero-order valence-corrected chi connectivity index (χ0v) is 20.0. The molecule has 0 unspecified atom stereocenters. The summed E-state index contributed by atoms with van der Waals surface area (Å²) < 4.78 is 31.0. The zero-order valence-electron chi connectivity index (χ0n) is 19.1. The van der Waals surface area contributed by atoms with Gasteiger partial charge in [-0.05, 0) is 75.9 Å². The van der Waals surface area contributed by atoms with E-state index in [1.165, 1.54) is 12.1 Å². The van der Waals surface area contributed by atoms with Gasteiger partial charge in [-0.15, -0.1) is 5.92 Å². The van der Waals surface area contributed by atoms with E-state index >= 15 is 0 Å². The molecule has 0 aromatic heterocycles. The van der Waals surface area contributed by atoms with Crippen molar-refractivity contribution in [3.8, 4) is 17.6 Å². The third-order valence-electron chi connectivity index (χ3n) is 6.10. The minimum absolute atomic E-state index is 0.0420. The SMILES string of the molecule is CC#CCOc1ccc(S(=O)(=O)CN[C@@H](C(=O)NO)C2CCC(N(CC)CC)CC2)cc1. The average Bonchev–Trinajstić information content (AvgIpc) is 2.81. The molecule has 1 aromatic rings. The van der Waals surface area contributed by atoms with Gasteiger partial charge in [0, 0.05) is 6.04 Å². The van der Waals surface area contributed by atoms with Crippen LogP contribution < -0.4 is 15.5 Å². The van der Waals surface area contributed by atoms with Crippen molar-refractivity contribution < 1.29 is 23.2 Å². The Bertz CT molecular complexity index is 880. The molecule has 0 saturated heterocycles. The molecule has 1 amide bonds. The number of nitrogens with one attached hydrogen (secondary N) is 2. The molecule has 8 nitrogen and oxygen atoms in total. The van der Waals surface area contributed by atoms with Crippen LogP contribution in [0.25, 0.3) is 0 Å². The lowest BCUT2D eigenvalue weighted by molar-refractivity contribution is -0.133. The van der Waals surface area contributed by atoms with E-state index in [4.69, 9.17) is 4.74 Å². The second-order valence-corrected chi connectivity index (χ2v) is 9.88. The number of carbonyl (C=O) groups excluding carboxylic acids is 1. The Balaban J connectivity index is 2.00. The van der Waals surface area contributed by atoms with E-state index in [0.717, 1.165) is 38.8 Å². The predicted octanol–water partition coefficient (Wildman–Crippen LogP) is 2.18. The maximum atomic E-state index is 12.8. The minimum atomic E-state index is -3.67. The van der Waals surface area contributed by atoms with Gasteiger partial charge in [0.25, 0.3) is 5.91 Å². The van der Waals surface area contributed by atoms with Gasteiger partial charge in [0.1, 0.15) is 18.2 Å². The molecule has 1 aliphatic rings. The Morgan fingerprint density at radius 2 is 1.81 bits per heavy atom. The Hall–Kier alpha value is -2.12. The van der Waals surface area contributed by atoms with Crippen molar-refractivity contribution >= 4 is 15.7 Å². The van der Waals surface area contributed by atoms with E-state index in [2.05, 4.69) is 35.9 Å². The first kappa shape index (κ1) is 26.1. The van der Waals surface area contributed by atoms with Gasteiger partial charge in [0.05, 0.1) is 10.9 Å². The number of hydroxylamine groups is 1. The van der Waals surface area contributed by atoms with Crippen LogP contribution in [0.2, 0.25) is 0 Å². The van der Waals surface area contributed by atoms with E-state index in [1.807, 2.05) is 0 Å². The van der Waals surface area contributed by atoms with Crippen molar-refractivity contribution in [2.24, 2.45) is 5.92 Å². The summed E-state index contributed by atoms with van der Waals surface area (Å²) in [6.45, 7) is 8.20. The molecular weight excluding hydrogens is 430 g/mol. The van der Waals surface area contributed by atoms with Crippen molar-refractivity contribution in [1.29, 1.82) is 0 Å². The van der Waals surface area contributed by atoms with Crippen LogP contribution in [0.4, 0.5) is 0 Å². The fraction of sp³-hybridized carbons (Fsp3) is 0.609. The molecule has 1 saturated carbocycles. The van der Waals surface area contributed by atoms with Gasteiger partial charge in [0.2, 0.25) is 0 Å². The van der Waals surface area contributed by atoms with Crippen molar-refractivity contribution in [2.45, 2.75) is 63.4 Å². The number of ether oxygens (including phenoxy) is 1. The molecule has 1 atom stereocenters. The number of sulfone groups is 1. The lowest BCUT2D eigenvalue weighted by Gasteiger charge is -2.38. The summed E-state index contributed by atoms with van der Waals surface area (Å²) in [5.74, 6) is 4.98. The third-order valence-corrected chi connectivity index (χ3v) is 7.64. The Morgan fingerprint density at radius 1 is 1.19 bits per heavy atom. The third kappa shape index (κ3) is 7.20. The second-order valence-electron chi connectivity index (χ2n) is 7.89. The van der Waals surface area contributed by atoms with Crippen molar-refractivity contribution in [3.05, 3.63) is 24.3 Å². The summed E-state index contributed by atoms with van der Waals surface area (Å²) in [7, 11) is -3.67. The van der Waals surface area contributed by atoms with Gasteiger partial charge in [-0.2, -0.15) is 0 Å². The van der Waals surface area contributed by atoms with Crippen molar-refractivity contribution in [2.75, 3.05) is 25.6 Å². The van der Waals surface area contributed by atoms with Crippen LogP contribution in [0.15, 0.2) is 29.2 Å². The maximum Gasteiger partial charge on any atom is 0.260 e. The fourth-order valence-electron chi connectivity index (χ4n) is 4.30. The molecular formula is C23H35N3O5S. The summed E-state index contributed by atoms with van der Waals surface area (Å²) in [6.07, 6.45) is 3.47. The van der Waals surface area contributed by atoms with E-state index in [0.29, 0.717) is 11.8 Å². The molecule has 0 spiro atoms. The highest BCUT2D eigenvalue weighted by Gasteiger charge is 2.34. The minimum Gasteiger partial charge on any atom is -0.481 e. The van der Waals surface area contributed by atoms with Crippen LogP contribution in [-0.2, 0) is 14.6 Å². The molecule has 2 rings (SSSR count). The normalized spacial score (nSPS) is 19.7. The molecule has 0 heterocycles. The Morgan fingerprint density at radius 3 is 2.34 bits per heavy atom. The lowest BCUT2D eigenvalue weighted by atomic mass is 9.80. The smallest absolute Gasteiger partial charge is 0.260 e. The summed E-state index contributed by atoms with van der Waals surface area (Å²) in [5, 5.41) is 12.1. The van der Waals surface area contributed by atoms with Crippen LogP contribution in [0.3, 0.4) is 0 Å². The summed E-state index contributed by atoms with van der Waals surface area (Å²) >= 11 is 0. The summed E-state index contributed by atoms with van der Waals surface area (Å²) in [5.41, 5.74) is 1.69. The number of hydrogen-bond donors (Lipinski definition) is 3. The topological polar surface area (TPSA) is 108 Å². The predicted molar refractivity (Wildman–Crippen MR) is 123 cm³/mol. The van der Waals surface area contributed by atoms with Gasteiger partial charge in [-0.3, -0.25) is 15.3 Å². The molecule has 3 N–H and O–H groups in total. The molecule has 1 aromatic carbocycles. The highest BCUT2D eigenvalue weighted by molar-refractivity contribution is 7.91. The molecule has 0 bridgehead atoms. The van der Waals surface area contributed by atoms with Crippen LogP contribution >= 0.6 is 0 Å². The number of benzene rings is 1. The lowest BCUT2D eigenvalue weighted by Crippen LogP contribution is -2.51. The van der Waals surface area contributed by atoms with Gasteiger partial charge < -0.3 is 9.64 Å². The number of hydrogen-bond acceptors (Lipinski definition) is 7. The zero-order chi connectivity index (χ0) is 23.6. The highest BCUT2D eigenvalue weighted by atomic mass is 32.2. The number of amides is 1.